The largest absolute Gasteiger partial charge is 0.373 e. The van der Waals surface area contributed by atoms with E-state index < -0.39 is 0 Å². The number of allylic oxidation sites excluding steroid dienone is 1. The molecule has 0 aliphatic heterocycles. The number of carbonyl (C=O) groups is 1. The van der Waals surface area contributed by atoms with Crippen molar-refractivity contribution in [2.24, 2.45) is 0 Å². The van der Waals surface area contributed by atoms with E-state index >= 15 is 0 Å². The molecule has 0 radical (unpaired) electrons. The molecule has 0 saturated carbocycles. The molecule has 0 unspecified atom stereocenters. The monoisotopic (exact) mass is 374 g/mol. The lowest BCUT2D eigenvalue weighted by molar-refractivity contribution is 0.104. The highest BCUT2D eigenvalue weighted by Crippen LogP contribution is 2.15. The van der Waals surface area contributed by atoms with E-state index in [0.717, 1.165) is 30.0 Å². The van der Waals surface area contributed by atoms with Crippen LogP contribution in [0.4, 0.5) is 5.69 Å². The molecular weight excluding hydrogens is 348 g/mol. The first-order valence-corrected chi connectivity index (χ1v) is 9.29. The Hall–Kier alpha value is -3.18. The van der Waals surface area contributed by atoms with Crippen LogP contribution in [0, 0.1) is 0 Å². The topological polar surface area (TPSA) is 41.4 Å². The first-order chi connectivity index (χ1) is 13.5. The summed E-state index contributed by atoms with van der Waals surface area (Å²) in [6.07, 6.45) is 8.87. The van der Waals surface area contributed by atoms with Gasteiger partial charge in [0, 0.05) is 49.5 Å². The minimum atomic E-state index is 0.00109. The molecule has 1 heterocycles. The van der Waals surface area contributed by atoms with Crippen molar-refractivity contribution >= 4 is 17.5 Å². The van der Waals surface area contributed by atoms with Crippen molar-refractivity contribution in [1.82, 2.24) is 14.5 Å². The van der Waals surface area contributed by atoms with Crippen molar-refractivity contribution in [1.29, 1.82) is 0 Å². The molecule has 0 saturated heterocycles. The van der Waals surface area contributed by atoms with Gasteiger partial charge in [0.25, 0.3) is 0 Å². The van der Waals surface area contributed by atoms with Crippen LogP contribution in [0.1, 0.15) is 15.9 Å². The minimum Gasteiger partial charge on any atom is -0.373 e. The van der Waals surface area contributed by atoms with Gasteiger partial charge in [-0.25, -0.2) is 4.98 Å². The fourth-order valence-electron chi connectivity index (χ4n) is 2.80. The van der Waals surface area contributed by atoms with Gasteiger partial charge in [-0.3, -0.25) is 4.79 Å². The van der Waals surface area contributed by atoms with Gasteiger partial charge in [-0.15, -0.1) is 0 Å². The number of nitrogens with zero attached hydrogens (tertiary/aromatic N) is 4. The first kappa shape index (κ1) is 19.6. The molecule has 1 aromatic heterocycles. The molecule has 5 nitrogen and oxygen atoms in total. The number of ketones is 1. The van der Waals surface area contributed by atoms with Gasteiger partial charge < -0.3 is 14.4 Å². The quantitative estimate of drug-likeness (QED) is 0.445. The van der Waals surface area contributed by atoms with Gasteiger partial charge in [-0.05, 0) is 62.1 Å². The minimum absolute atomic E-state index is 0.00109. The van der Waals surface area contributed by atoms with Crippen LogP contribution in [0.25, 0.3) is 11.8 Å². The van der Waals surface area contributed by atoms with Crippen LogP contribution in [0.15, 0.2) is 73.3 Å². The van der Waals surface area contributed by atoms with Gasteiger partial charge >= 0.3 is 0 Å². The third-order valence-corrected chi connectivity index (χ3v) is 4.60. The van der Waals surface area contributed by atoms with Crippen molar-refractivity contribution in [2.75, 3.05) is 39.1 Å². The number of hydrogen-bond acceptors (Lipinski definition) is 4. The zero-order chi connectivity index (χ0) is 19.9. The molecule has 0 bridgehead atoms. The number of benzene rings is 2. The molecule has 28 heavy (non-hydrogen) atoms. The van der Waals surface area contributed by atoms with E-state index in [4.69, 9.17) is 0 Å². The van der Waals surface area contributed by atoms with Gasteiger partial charge in [0.15, 0.2) is 5.78 Å². The number of carbonyl (C=O) groups excluding carboxylic acids is 1. The van der Waals surface area contributed by atoms with Crippen LogP contribution in [-0.2, 0) is 0 Å². The maximum absolute atomic E-state index is 12.4. The fraction of sp³-hybridized carbons (Fsp3) is 0.217. The zero-order valence-corrected chi connectivity index (χ0v) is 16.6. The zero-order valence-electron chi connectivity index (χ0n) is 16.6. The molecule has 0 spiro atoms. The third kappa shape index (κ3) is 5.18. The lowest BCUT2D eigenvalue weighted by Gasteiger charge is -2.21. The molecule has 0 N–H and O–H groups in total. The van der Waals surface area contributed by atoms with Crippen LogP contribution < -0.4 is 4.90 Å². The van der Waals surface area contributed by atoms with Crippen LogP contribution in [0.5, 0.6) is 0 Å². The summed E-state index contributed by atoms with van der Waals surface area (Å²) in [5.41, 5.74) is 3.82. The molecule has 0 amide bonds. The van der Waals surface area contributed by atoms with Crippen molar-refractivity contribution < 1.29 is 4.79 Å². The molecule has 2 aromatic carbocycles. The van der Waals surface area contributed by atoms with Crippen LogP contribution in [0.2, 0.25) is 0 Å². The second kappa shape index (κ2) is 9.15. The Labute approximate surface area is 166 Å². The number of anilines is 1. The SMILES string of the molecule is CN(C)CCN(C)c1ccc(C(=O)/C=C/c2ccc(-n3ccnc3)cc2)cc1. The van der Waals surface area contributed by atoms with E-state index in [1.54, 1.807) is 18.6 Å². The highest BCUT2D eigenvalue weighted by atomic mass is 16.1. The Morgan fingerprint density at radius 2 is 1.71 bits per heavy atom. The molecule has 0 aliphatic carbocycles. The summed E-state index contributed by atoms with van der Waals surface area (Å²) in [6, 6.07) is 15.7. The summed E-state index contributed by atoms with van der Waals surface area (Å²) >= 11 is 0. The molecular formula is C23H26N4O. The molecule has 0 atom stereocenters. The lowest BCUT2D eigenvalue weighted by Crippen LogP contribution is -2.28. The van der Waals surface area contributed by atoms with Gasteiger partial charge in [0.2, 0.25) is 0 Å². The second-order valence-corrected chi connectivity index (χ2v) is 7.03. The van der Waals surface area contributed by atoms with E-state index in [1.807, 2.05) is 65.4 Å². The summed E-state index contributed by atoms with van der Waals surface area (Å²) in [4.78, 5) is 20.8. The van der Waals surface area contributed by atoms with Crippen LogP contribution in [-0.4, -0.2) is 54.5 Å². The smallest absolute Gasteiger partial charge is 0.185 e. The predicted octanol–water partition coefficient (Wildman–Crippen LogP) is 3.77. The number of hydrogen-bond donors (Lipinski definition) is 0. The lowest BCUT2D eigenvalue weighted by atomic mass is 10.1. The van der Waals surface area contributed by atoms with E-state index in [0.29, 0.717) is 5.56 Å². The van der Waals surface area contributed by atoms with Crippen molar-refractivity contribution in [3.8, 4) is 5.69 Å². The average Bonchev–Trinajstić information content (AvgIpc) is 3.25. The summed E-state index contributed by atoms with van der Waals surface area (Å²) in [7, 11) is 6.19. The summed E-state index contributed by atoms with van der Waals surface area (Å²) in [5, 5.41) is 0. The molecule has 3 aromatic rings. The Bertz CT molecular complexity index is 910. The van der Waals surface area contributed by atoms with Crippen LogP contribution >= 0.6 is 0 Å². The second-order valence-electron chi connectivity index (χ2n) is 7.03. The molecule has 0 fully saturated rings. The maximum atomic E-state index is 12.4. The number of rotatable bonds is 8. The van der Waals surface area contributed by atoms with Crippen LogP contribution in [0.3, 0.4) is 0 Å². The molecule has 5 heteroatoms. The molecule has 3 rings (SSSR count). The molecule has 0 aliphatic rings. The fourth-order valence-corrected chi connectivity index (χ4v) is 2.80. The summed E-state index contributed by atoms with van der Waals surface area (Å²) in [5.74, 6) is 0.00109. The van der Waals surface area contributed by atoms with E-state index in [-0.39, 0.29) is 5.78 Å². The van der Waals surface area contributed by atoms with E-state index in [1.165, 1.54) is 0 Å². The van der Waals surface area contributed by atoms with E-state index in [2.05, 4.69) is 35.9 Å². The third-order valence-electron chi connectivity index (χ3n) is 4.60. The first-order valence-electron chi connectivity index (χ1n) is 9.29. The number of imidazole rings is 1. The van der Waals surface area contributed by atoms with Crippen molar-refractivity contribution in [2.45, 2.75) is 0 Å². The van der Waals surface area contributed by atoms with Gasteiger partial charge in [-0.2, -0.15) is 0 Å². The predicted molar refractivity (Wildman–Crippen MR) is 115 cm³/mol. The Balaban J connectivity index is 1.61. The Kier molecular flexibility index (Phi) is 6.40. The van der Waals surface area contributed by atoms with Crippen molar-refractivity contribution in [3.05, 3.63) is 84.5 Å². The number of aromatic nitrogens is 2. The molecule has 144 valence electrons. The highest BCUT2D eigenvalue weighted by Gasteiger charge is 2.05. The van der Waals surface area contributed by atoms with Gasteiger partial charge in [0.05, 0.1) is 6.33 Å². The standard InChI is InChI=1S/C23H26N4O/c1-25(2)16-17-26(3)21-11-7-20(8-12-21)23(28)13-6-19-4-9-22(10-5-19)27-15-14-24-18-27/h4-15,18H,16-17H2,1-3H3/b13-6+. The highest BCUT2D eigenvalue weighted by molar-refractivity contribution is 6.07. The summed E-state index contributed by atoms with van der Waals surface area (Å²) in [6.45, 7) is 1.93. The average molecular weight is 374 g/mol. The summed E-state index contributed by atoms with van der Waals surface area (Å²) < 4.78 is 1.94. The Morgan fingerprint density at radius 3 is 2.32 bits per heavy atom. The Morgan fingerprint density at radius 1 is 1.00 bits per heavy atom. The number of likely N-dealkylation sites (N-methyl/N-ethyl adjacent to an activating group) is 2. The van der Waals surface area contributed by atoms with E-state index in [9.17, 15) is 4.79 Å². The normalized spacial score (nSPS) is 11.3. The maximum Gasteiger partial charge on any atom is 0.185 e. The van der Waals surface area contributed by atoms with Gasteiger partial charge in [0.1, 0.15) is 0 Å². The van der Waals surface area contributed by atoms with Gasteiger partial charge in [-0.1, -0.05) is 18.2 Å². The van der Waals surface area contributed by atoms with Crippen molar-refractivity contribution in [3.63, 3.8) is 0 Å².